The van der Waals surface area contributed by atoms with Crippen LogP contribution < -0.4 is 10.1 Å². The van der Waals surface area contributed by atoms with E-state index in [0.29, 0.717) is 18.3 Å². The second kappa shape index (κ2) is 9.70. The standard InChI is InChI=1S/C29H28N4O3/c1-18-8-7-11-22(16-18)27-31-28(36-32-27)25-20(3)33(17-23-10-6-5-9-19(23)2)29(34)30-26(25)21-12-14-24(35-4)15-13-21/h5-16,26H,17H2,1-4H3,(H,30,34). The number of carbonyl (C=O) groups is 1. The van der Waals surface area contributed by atoms with Gasteiger partial charge in [-0.15, -0.1) is 0 Å². The third-order valence-corrected chi connectivity index (χ3v) is 6.57. The summed E-state index contributed by atoms with van der Waals surface area (Å²) in [6.07, 6.45) is 0. The molecule has 5 rings (SSSR count). The highest BCUT2D eigenvalue weighted by Gasteiger charge is 2.36. The lowest BCUT2D eigenvalue weighted by atomic mass is 9.94. The molecule has 7 heteroatoms. The Kier molecular flexibility index (Phi) is 6.29. The number of amides is 2. The quantitative estimate of drug-likeness (QED) is 0.363. The fourth-order valence-electron chi connectivity index (χ4n) is 4.49. The highest BCUT2D eigenvalue weighted by Crippen LogP contribution is 2.38. The van der Waals surface area contributed by atoms with Gasteiger partial charge in [0, 0.05) is 11.3 Å². The molecule has 0 aliphatic carbocycles. The van der Waals surface area contributed by atoms with E-state index in [1.807, 2.05) is 93.6 Å². The van der Waals surface area contributed by atoms with Crippen molar-refractivity contribution in [1.82, 2.24) is 20.4 Å². The molecule has 1 aliphatic heterocycles. The van der Waals surface area contributed by atoms with Gasteiger partial charge in [-0.1, -0.05) is 65.3 Å². The molecule has 0 bridgehead atoms. The lowest BCUT2D eigenvalue weighted by Gasteiger charge is -2.35. The van der Waals surface area contributed by atoms with Crippen molar-refractivity contribution in [3.8, 4) is 17.1 Å². The van der Waals surface area contributed by atoms with Gasteiger partial charge in [-0.3, -0.25) is 4.90 Å². The van der Waals surface area contributed by atoms with Crippen molar-refractivity contribution in [2.75, 3.05) is 7.11 Å². The van der Waals surface area contributed by atoms with E-state index in [9.17, 15) is 4.79 Å². The van der Waals surface area contributed by atoms with E-state index < -0.39 is 6.04 Å². The van der Waals surface area contributed by atoms with Gasteiger partial charge >= 0.3 is 6.03 Å². The van der Waals surface area contributed by atoms with Crippen molar-refractivity contribution in [3.05, 3.63) is 107 Å². The van der Waals surface area contributed by atoms with E-state index in [4.69, 9.17) is 14.2 Å². The topological polar surface area (TPSA) is 80.5 Å². The fourth-order valence-corrected chi connectivity index (χ4v) is 4.49. The molecule has 0 saturated heterocycles. The van der Waals surface area contributed by atoms with Crippen LogP contribution in [0.15, 0.2) is 83.0 Å². The Morgan fingerprint density at radius 2 is 1.78 bits per heavy atom. The SMILES string of the molecule is COc1ccc(C2NC(=O)N(Cc3ccccc3C)C(C)=C2c2nc(-c3cccc(C)c3)no2)cc1. The molecule has 2 amide bonds. The molecule has 1 aliphatic rings. The van der Waals surface area contributed by atoms with Crippen molar-refractivity contribution >= 4 is 11.6 Å². The number of hydrogen-bond acceptors (Lipinski definition) is 5. The van der Waals surface area contributed by atoms with E-state index in [-0.39, 0.29) is 6.03 Å². The summed E-state index contributed by atoms with van der Waals surface area (Å²) in [5.74, 6) is 1.62. The van der Waals surface area contributed by atoms with Crippen LogP contribution in [0.4, 0.5) is 4.79 Å². The Morgan fingerprint density at radius 3 is 2.50 bits per heavy atom. The lowest BCUT2D eigenvalue weighted by molar-refractivity contribution is 0.203. The molecule has 182 valence electrons. The molecule has 1 unspecified atom stereocenters. The van der Waals surface area contributed by atoms with Crippen molar-refractivity contribution in [1.29, 1.82) is 0 Å². The summed E-state index contributed by atoms with van der Waals surface area (Å²) in [5.41, 5.74) is 6.60. The largest absolute Gasteiger partial charge is 0.497 e. The highest BCUT2D eigenvalue weighted by atomic mass is 16.5. The van der Waals surface area contributed by atoms with Crippen LogP contribution in [0.3, 0.4) is 0 Å². The number of urea groups is 1. The van der Waals surface area contributed by atoms with Gasteiger partial charge in [0.05, 0.1) is 25.3 Å². The van der Waals surface area contributed by atoms with Gasteiger partial charge in [-0.2, -0.15) is 4.98 Å². The third-order valence-electron chi connectivity index (χ3n) is 6.57. The number of carbonyl (C=O) groups excluding carboxylic acids is 1. The molecular formula is C29H28N4O3. The highest BCUT2D eigenvalue weighted by molar-refractivity contribution is 5.87. The molecule has 1 aromatic heterocycles. The normalized spacial score (nSPS) is 15.7. The van der Waals surface area contributed by atoms with Gasteiger partial charge < -0.3 is 14.6 Å². The first-order chi connectivity index (χ1) is 17.4. The Balaban J connectivity index is 1.60. The number of rotatable bonds is 6. The molecule has 4 aromatic rings. The number of nitrogens with one attached hydrogen (secondary N) is 1. The minimum atomic E-state index is -0.456. The first-order valence-electron chi connectivity index (χ1n) is 11.8. The van der Waals surface area contributed by atoms with Gasteiger partial charge in [-0.05, 0) is 55.7 Å². The van der Waals surface area contributed by atoms with Gasteiger partial charge in [-0.25, -0.2) is 4.79 Å². The van der Waals surface area contributed by atoms with Crippen LogP contribution in [0.1, 0.15) is 41.1 Å². The molecule has 0 radical (unpaired) electrons. The summed E-state index contributed by atoms with van der Waals surface area (Å²) in [4.78, 5) is 19.8. The number of hydrogen-bond donors (Lipinski definition) is 1. The number of aromatic nitrogens is 2. The molecule has 36 heavy (non-hydrogen) atoms. The molecule has 2 heterocycles. The third kappa shape index (κ3) is 4.47. The average molecular weight is 481 g/mol. The molecule has 1 atom stereocenters. The molecule has 0 spiro atoms. The van der Waals surface area contributed by atoms with E-state index in [0.717, 1.165) is 44.8 Å². The van der Waals surface area contributed by atoms with E-state index in [2.05, 4.69) is 10.5 Å². The molecule has 0 saturated carbocycles. The summed E-state index contributed by atoms with van der Waals surface area (Å²) in [5, 5.41) is 7.42. The Hall–Kier alpha value is -4.39. The lowest BCUT2D eigenvalue weighted by Crippen LogP contribution is -2.45. The summed E-state index contributed by atoms with van der Waals surface area (Å²) in [7, 11) is 1.63. The predicted molar refractivity (Wildman–Crippen MR) is 138 cm³/mol. The maximum Gasteiger partial charge on any atom is 0.322 e. The van der Waals surface area contributed by atoms with Crippen LogP contribution in [0, 0.1) is 13.8 Å². The van der Waals surface area contributed by atoms with Crippen LogP contribution in [0.5, 0.6) is 5.75 Å². The zero-order valence-electron chi connectivity index (χ0n) is 20.8. The number of aryl methyl sites for hydroxylation is 2. The van der Waals surface area contributed by atoms with Crippen LogP contribution in [0.25, 0.3) is 17.0 Å². The Morgan fingerprint density at radius 1 is 1.00 bits per heavy atom. The smallest absolute Gasteiger partial charge is 0.322 e. The summed E-state index contributed by atoms with van der Waals surface area (Å²) < 4.78 is 11.1. The zero-order valence-corrected chi connectivity index (χ0v) is 20.8. The molecule has 3 aromatic carbocycles. The molecule has 7 nitrogen and oxygen atoms in total. The summed E-state index contributed by atoms with van der Waals surface area (Å²) >= 11 is 0. The van der Waals surface area contributed by atoms with Crippen LogP contribution >= 0.6 is 0 Å². The van der Waals surface area contributed by atoms with Gasteiger partial charge in [0.25, 0.3) is 5.89 Å². The number of nitrogens with zero attached hydrogens (tertiary/aromatic N) is 3. The second-order valence-electron chi connectivity index (χ2n) is 8.96. The summed E-state index contributed by atoms with van der Waals surface area (Å²) in [6, 6.07) is 23.0. The van der Waals surface area contributed by atoms with E-state index in [1.54, 1.807) is 12.0 Å². The first kappa shape index (κ1) is 23.4. The number of methoxy groups -OCH3 is 1. The van der Waals surface area contributed by atoms with Crippen molar-refractivity contribution in [2.24, 2.45) is 0 Å². The minimum Gasteiger partial charge on any atom is -0.497 e. The number of benzene rings is 3. The molecule has 1 N–H and O–H groups in total. The average Bonchev–Trinajstić information content (AvgIpc) is 3.37. The molecule has 0 fully saturated rings. The maximum atomic E-state index is 13.4. The second-order valence-corrected chi connectivity index (χ2v) is 8.96. The van der Waals surface area contributed by atoms with Crippen LogP contribution in [-0.2, 0) is 6.54 Å². The van der Waals surface area contributed by atoms with Crippen molar-refractivity contribution < 1.29 is 14.1 Å². The van der Waals surface area contributed by atoms with Crippen LogP contribution in [0.2, 0.25) is 0 Å². The van der Waals surface area contributed by atoms with Gasteiger partial charge in [0.15, 0.2) is 0 Å². The molecular weight excluding hydrogens is 452 g/mol. The summed E-state index contributed by atoms with van der Waals surface area (Å²) in [6.45, 7) is 6.43. The fraction of sp³-hybridized carbons (Fsp3) is 0.207. The predicted octanol–water partition coefficient (Wildman–Crippen LogP) is 6.06. The van der Waals surface area contributed by atoms with Crippen LogP contribution in [-0.4, -0.2) is 28.2 Å². The Labute approximate surface area is 210 Å². The minimum absolute atomic E-state index is 0.182. The first-order valence-corrected chi connectivity index (χ1v) is 11.8. The maximum absolute atomic E-state index is 13.4. The Bertz CT molecular complexity index is 1440. The van der Waals surface area contributed by atoms with E-state index >= 15 is 0 Å². The zero-order chi connectivity index (χ0) is 25.2. The van der Waals surface area contributed by atoms with Gasteiger partial charge in [0.1, 0.15) is 5.75 Å². The van der Waals surface area contributed by atoms with Crippen molar-refractivity contribution in [3.63, 3.8) is 0 Å². The van der Waals surface area contributed by atoms with Crippen molar-refractivity contribution in [2.45, 2.75) is 33.4 Å². The van der Waals surface area contributed by atoms with E-state index in [1.165, 1.54) is 0 Å². The number of allylic oxidation sites excluding steroid dienone is 1. The monoisotopic (exact) mass is 480 g/mol. The van der Waals surface area contributed by atoms with Gasteiger partial charge in [0.2, 0.25) is 5.82 Å². The number of ether oxygens (including phenoxy) is 1.